The normalized spacial score (nSPS) is 10.8. The largest absolute Gasteiger partial charge is 0.481 e. The molecular weight excluding hydrogens is 168 g/mol. The summed E-state index contributed by atoms with van der Waals surface area (Å²) in [4.78, 5) is 10.5. The lowest BCUT2D eigenvalue weighted by atomic mass is 10.1. The van der Waals surface area contributed by atoms with E-state index in [2.05, 4.69) is 5.10 Å². The van der Waals surface area contributed by atoms with E-state index in [0.29, 0.717) is 5.92 Å². The molecule has 1 rings (SSSR count). The minimum absolute atomic E-state index is 0.0379. The average Bonchev–Trinajstić information content (AvgIpc) is 2.31. The number of aromatic nitrogens is 2. The van der Waals surface area contributed by atoms with Gasteiger partial charge in [0.2, 0.25) is 0 Å². The molecule has 0 radical (unpaired) electrons. The van der Waals surface area contributed by atoms with Gasteiger partial charge in [0.25, 0.3) is 0 Å². The Balaban J connectivity index is 2.89. The second kappa shape index (κ2) is 3.60. The molecule has 0 unspecified atom stereocenters. The third-order valence-electron chi connectivity index (χ3n) is 1.92. The summed E-state index contributed by atoms with van der Waals surface area (Å²) in [6, 6.07) is 1.85. The van der Waals surface area contributed by atoms with Gasteiger partial charge in [-0.25, -0.2) is 0 Å². The van der Waals surface area contributed by atoms with Gasteiger partial charge in [-0.1, -0.05) is 13.8 Å². The highest BCUT2D eigenvalue weighted by molar-refractivity contribution is 5.69. The van der Waals surface area contributed by atoms with Crippen molar-refractivity contribution in [2.45, 2.75) is 26.2 Å². The van der Waals surface area contributed by atoms with Gasteiger partial charge >= 0.3 is 5.97 Å². The Morgan fingerprint density at radius 2 is 2.31 bits per heavy atom. The van der Waals surface area contributed by atoms with E-state index in [0.717, 1.165) is 11.4 Å². The van der Waals surface area contributed by atoms with Gasteiger partial charge in [-0.3, -0.25) is 9.48 Å². The van der Waals surface area contributed by atoms with Crippen LogP contribution in [0.1, 0.15) is 31.2 Å². The molecular formula is C9H14N2O2. The molecule has 4 heteroatoms. The maximum absolute atomic E-state index is 10.5. The Labute approximate surface area is 77.2 Å². The van der Waals surface area contributed by atoms with Crippen molar-refractivity contribution >= 4 is 5.97 Å². The summed E-state index contributed by atoms with van der Waals surface area (Å²) >= 11 is 0. The molecule has 0 saturated carbocycles. The van der Waals surface area contributed by atoms with Crippen LogP contribution in [0.2, 0.25) is 0 Å². The molecule has 0 saturated heterocycles. The summed E-state index contributed by atoms with van der Waals surface area (Å²) < 4.78 is 1.63. The zero-order chi connectivity index (χ0) is 10.0. The number of hydrogen-bond donors (Lipinski definition) is 1. The molecule has 0 amide bonds. The molecule has 1 aromatic rings. The summed E-state index contributed by atoms with van der Waals surface area (Å²) in [6.07, 6.45) is 0.0379. The topological polar surface area (TPSA) is 55.1 Å². The maximum atomic E-state index is 10.5. The number of aryl methyl sites for hydroxylation is 1. The molecule has 0 atom stereocenters. The van der Waals surface area contributed by atoms with E-state index >= 15 is 0 Å². The van der Waals surface area contributed by atoms with Crippen LogP contribution in [-0.2, 0) is 18.3 Å². The molecule has 1 N–H and O–H groups in total. The Kier molecular flexibility index (Phi) is 2.70. The molecule has 0 aromatic carbocycles. The Morgan fingerprint density at radius 3 is 2.69 bits per heavy atom. The van der Waals surface area contributed by atoms with Crippen LogP contribution in [0.25, 0.3) is 0 Å². The van der Waals surface area contributed by atoms with Crippen LogP contribution in [0, 0.1) is 0 Å². The van der Waals surface area contributed by atoms with Gasteiger partial charge in [-0.05, 0) is 12.0 Å². The molecule has 0 aliphatic rings. The van der Waals surface area contributed by atoms with Crippen molar-refractivity contribution in [3.63, 3.8) is 0 Å². The molecule has 1 heterocycles. The van der Waals surface area contributed by atoms with Gasteiger partial charge in [0, 0.05) is 12.7 Å². The Morgan fingerprint density at radius 1 is 1.69 bits per heavy atom. The smallest absolute Gasteiger partial charge is 0.309 e. The second-order valence-corrected chi connectivity index (χ2v) is 3.41. The lowest BCUT2D eigenvalue weighted by Gasteiger charge is -1.96. The summed E-state index contributed by atoms with van der Waals surface area (Å²) in [5, 5.41) is 12.8. The van der Waals surface area contributed by atoms with E-state index in [-0.39, 0.29) is 6.42 Å². The van der Waals surface area contributed by atoms with Crippen molar-refractivity contribution in [1.82, 2.24) is 9.78 Å². The van der Waals surface area contributed by atoms with Crippen molar-refractivity contribution in [2.75, 3.05) is 0 Å². The van der Waals surface area contributed by atoms with E-state index in [1.54, 1.807) is 11.7 Å². The predicted octanol–water partition coefficient (Wildman–Crippen LogP) is 1.17. The molecule has 4 nitrogen and oxygen atoms in total. The first kappa shape index (κ1) is 9.77. The number of carboxylic acids is 1. The lowest BCUT2D eigenvalue weighted by molar-refractivity contribution is -0.136. The number of aliphatic carboxylic acids is 1. The van der Waals surface area contributed by atoms with Crippen molar-refractivity contribution in [2.24, 2.45) is 7.05 Å². The van der Waals surface area contributed by atoms with Crippen molar-refractivity contribution in [3.05, 3.63) is 17.5 Å². The summed E-state index contributed by atoms with van der Waals surface area (Å²) in [6.45, 7) is 4.07. The Bertz CT molecular complexity index is 315. The number of carbonyl (C=O) groups is 1. The van der Waals surface area contributed by atoms with Crippen LogP contribution >= 0.6 is 0 Å². The van der Waals surface area contributed by atoms with Gasteiger partial charge < -0.3 is 5.11 Å². The fourth-order valence-corrected chi connectivity index (χ4v) is 1.13. The molecule has 72 valence electrons. The van der Waals surface area contributed by atoms with Gasteiger partial charge in [0.1, 0.15) is 0 Å². The standard InChI is InChI=1S/C9H14N2O2/c1-6(2)8-4-7(5-9(12)13)11(3)10-8/h4,6H,5H2,1-3H3,(H,12,13). The summed E-state index contributed by atoms with van der Waals surface area (Å²) in [7, 11) is 1.77. The molecule has 13 heavy (non-hydrogen) atoms. The van der Waals surface area contributed by atoms with Crippen LogP contribution < -0.4 is 0 Å². The van der Waals surface area contributed by atoms with Gasteiger partial charge in [0.15, 0.2) is 0 Å². The number of hydrogen-bond acceptors (Lipinski definition) is 2. The van der Waals surface area contributed by atoms with Crippen molar-refractivity contribution < 1.29 is 9.90 Å². The lowest BCUT2D eigenvalue weighted by Crippen LogP contribution is -2.05. The fourth-order valence-electron chi connectivity index (χ4n) is 1.13. The second-order valence-electron chi connectivity index (χ2n) is 3.41. The third-order valence-corrected chi connectivity index (χ3v) is 1.92. The maximum Gasteiger partial charge on any atom is 0.309 e. The first-order valence-electron chi connectivity index (χ1n) is 4.25. The van der Waals surface area contributed by atoms with Gasteiger partial charge in [0.05, 0.1) is 12.1 Å². The quantitative estimate of drug-likeness (QED) is 0.763. The zero-order valence-corrected chi connectivity index (χ0v) is 8.11. The summed E-state index contributed by atoms with van der Waals surface area (Å²) in [5.41, 5.74) is 1.69. The molecule has 0 aliphatic heterocycles. The SMILES string of the molecule is CC(C)c1cc(CC(=O)O)n(C)n1. The minimum Gasteiger partial charge on any atom is -0.481 e. The van der Waals surface area contributed by atoms with E-state index in [9.17, 15) is 4.79 Å². The fraction of sp³-hybridized carbons (Fsp3) is 0.556. The highest BCUT2D eigenvalue weighted by Gasteiger charge is 2.10. The minimum atomic E-state index is -0.821. The number of carboxylic acid groups (broad SMARTS) is 1. The molecule has 0 fully saturated rings. The summed E-state index contributed by atoms with van der Waals surface area (Å²) in [5.74, 6) is -0.480. The van der Waals surface area contributed by atoms with E-state index in [1.165, 1.54) is 0 Å². The average molecular weight is 182 g/mol. The van der Waals surface area contributed by atoms with Crippen molar-refractivity contribution in [3.8, 4) is 0 Å². The van der Waals surface area contributed by atoms with Crippen molar-refractivity contribution in [1.29, 1.82) is 0 Å². The molecule has 0 bridgehead atoms. The van der Waals surface area contributed by atoms with E-state index < -0.39 is 5.97 Å². The Hall–Kier alpha value is -1.32. The monoisotopic (exact) mass is 182 g/mol. The van der Waals surface area contributed by atoms with E-state index in [4.69, 9.17) is 5.11 Å². The van der Waals surface area contributed by atoms with Crippen LogP contribution in [0.15, 0.2) is 6.07 Å². The molecule has 1 aromatic heterocycles. The molecule has 0 aliphatic carbocycles. The molecule has 0 spiro atoms. The third kappa shape index (κ3) is 2.31. The van der Waals surface area contributed by atoms with Gasteiger partial charge in [-0.2, -0.15) is 5.10 Å². The highest BCUT2D eigenvalue weighted by atomic mass is 16.4. The predicted molar refractivity (Wildman–Crippen MR) is 48.6 cm³/mol. The van der Waals surface area contributed by atoms with Gasteiger partial charge in [-0.15, -0.1) is 0 Å². The first-order valence-corrected chi connectivity index (χ1v) is 4.25. The van der Waals surface area contributed by atoms with Crippen LogP contribution in [0.5, 0.6) is 0 Å². The number of nitrogens with zero attached hydrogens (tertiary/aromatic N) is 2. The van der Waals surface area contributed by atoms with Crippen LogP contribution in [0.4, 0.5) is 0 Å². The van der Waals surface area contributed by atoms with E-state index in [1.807, 2.05) is 19.9 Å². The highest BCUT2D eigenvalue weighted by Crippen LogP contribution is 2.13. The zero-order valence-electron chi connectivity index (χ0n) is 8.11. The number of rotatable bonds is 3. The van der Waals surface area contributed by atoms with Crippen LogP contribution in [-0.4, -0.2) is 20.9 Å². The van der Waals surface area contributed by atoms with Crippen LogP contribution in [0.3, 0.4) is 0 Å². The first-order chi connectivity index (χ1) is 6.00.